The normalized spacial score (nSPS) is 11.1. The highest BCUT2D eigenvalue weighted by atomic mass is 35.5. The lowest BCUT2D eigenvalue weighted by atomic mass is 10.1. The van der Waals surface area contributed by atoms with E-state index in [9.17, 15) is 5.26 Å². The molecule has 0 unspecified atom stereocenters. The number of nitrogens with zero attached hydrogens (tertiary/aromatic N) is 2. The van der Waals surface area contributed by atoms with Crippen molar-refractivity contribution < 1.29 is 4.74 Å². The molecule has 0 bridgehead atoms. The lowest BCUT2D eigenvalue weighted by Crippen LogP contribution is -1.95. The van der Waals surface area contributed by atoms with Crippen molar-refractivity contribution in [3.05, 3.63) is 105 Å². The molecule has 3 nitrogen and oxygen atoms in total. The number of rotatable bonds is 6. The summed E-state index contributed by atoms with van der Waals surface area (Å²) in [6.07, 6.45) is 1.84. The maximum Gasteiger partial charge on any atom is 0.134 e. The molecular formula is C25H17ClN2OS. The quantitative estimate of drug-likeness (QED) is 0.307. The van der Waals surface area contributed by atoms with E-state index in [0.29, 0.717) is 22.2 Å². The van der Waals surface area contributed by atoms with Gasteiger partial charge in [0, 0.05) is 16.0 Å². The number of ether oxygens (including phenoxy) is 1. The molecule has 1 heterocycles. The first kappa shape index (κ1) is 19.9. The first-order valence-corrected chi connectivity index (χ1v) is 10.6. The summed E-state index contributed by atoms with van der Waals surface area (Å²) < 4.78 is 5.89. The standard InChI is InChI=1S/C25H17ClN2OS/c26-22-11-9-18(10-12-22)16-29-23-8-4-5-19(14-23)13-21(15-27)25-28-24(17-30-25)20-6-2-1-3-7-20/h1-14,17H,16H2/b21-13-. The summed E-state index contributed by atoms with van der Waals surface area (Å²) in [5.74, 6) is 0.736. The number of hydrogen-bond acceptors (Lipinski definition) is 4. The number of allylic oxidation sites excluding steroid dienone is 1. The zero-order valence-electron chi connectivity index (χ0n) is 16.0. The Balaban J connectivity index is 1.52. The molecule has 0 saturated carbocycles. The van der Waals surface area contributed by atoms with Crippen molar-refractivity contribution in [3.63, 3.8) is 0 Å². The van der Waals surface area contributed by atoms with Crippen LogP contribution in [0.4, 0.5) is 0 Å². The van der Waals surface area contributed by atoms with Crippen molar-refractivity contribution in [2.24, 2.45) is 0 Å². The van der Waals surface area contributed by atoms with Gasteiger partial charge >= 0.3 is 0 Å². The van der Waals surface area contributed by atoms with Crippen LogP contribution in [0.3, 0.4) is 0 Å². The molecule has 5 heteroatoms. The summed E-state index contributed by atoms with van der Waals surface area (Å²) in [6.45, 7) is 0.447. The molecular weight excluding hydrogens is 412 g/mol. The number of aromatic nitrogens is 1. The van der Waals surface area contributed by atoms with Crippen molar-refractivity contribution in [2.75, 3.05) is 0 Å². The molecule has 4 rings (SSSR count). The van der Waals surface area contributed by atoms with Crippen LogP contribution in [-0.2, 0) is 6.61 Å². The van der Waals surface area contributed by atoms with Crippen LogP contribution in [0.1, 0.15) is 16.1 Å². The number of nitriles is 1. The predicted octanol–water partition coefficient (Wildman–Crippen LogP) is 7.11. The molecule has 3 aromatic carbocycles. The van der Waals surface area contributed by atoms with Crippen LogP contribution >= 0.6 is 22.9 Å². The topological polar surface area (TPSA) is 45.9 Å². The first-order valence-electron chi connectivity index (χ1n) is 9.32. The van der Waals surface area contributed by atoms with Crippen molar-refractivity contribution in [2.45, 2.75) is 6.61 Å². The van der Waals surface area contributed by atoms with Gasteiger partial charge < -0.3 is 4.74 Å². The molecule has 0 aliphatic rings. The van der Waals surface area contributed by atoms with Gasteiger partial charge in [0.05, 0.1) is 11.3 Å². The highest BCUT2D eigenvalue weighted by Crippen LogP contribution is 2.27. The predicted molar refractivity (Wildman–Crippen MR) is 123 cm³/mol. The van der Waals surface area contributed by atoms with Gasteiger partial charge in [-0.1, -0.05) is 66.2 Å². The van der Waals surface area contributed by atoms with Crippen LogP contribution in [-0.4, -0.2) is 4.98 Å². The van der Waals surface area contributed by atoms with Gasteiger partial charge in [0.15, 0.2) is 0 Å². The second-order valence-electron chi connectivity index (χ2n) is 6.56. The lowest BCUT2D eigenvalue weighted by Gasteiger charge is -2.07. The third-order valence-electron chi connectivity index (χ3n) is 4.41. The maximum absolute atomic E-state index is 9.67. The van der Waals surface area contributed by atoms with Crippen molar-refractivity contribution in [3.8, 4) is 23.1 Å². The third-order valence-corrected chi connectivity index (χ3v) is 5.54. The molecule has 0 aliphatic carbocycles. The van der Waals surface area contributed by atoms with Gasteiger partial charge in [0.25, 0.3) is 0 Å². The van der Waals surface area contributed by atoms with E-state index in [1.165, 1.54) is 11.3 Å². The SMILES string of the molecule is N#C/C(=C/c1cccc(OCc2ccc(Cl)cc2)c1)c1nc(-c2ccccc2)cs1. The second kappa shape index (κ2) is 9.41. The fourth-order valence-electron chi connectivity index (χ4n) is 2.89. The summed E-state index contributed by atoms with van der Waals surface area (Å²) >= 11 is 7.39. The fraction of sp³-hybridized carbons (Fsp3) is 0.0400. The average molecular weight is 429 g/mol. The number of benzene rings is 3. The van der Waals surface area contributed by atoms with E-state index in [2.05, 4.69) is 11.1 Å². The fourth-order valence-corrected chi connectivity index (χ4v) is 3.81. The smallest absolute Gasteiger partial charge is 0.134 e. The van der Waals surface area contributed by atoms with Crippen LogP contribution in [0.15, 0.2) is 84.2 Å². The molecule has 0 amide bonds. The highest BCUT2D eigenvalue weighted by Gasteiger charge is 2.09. The zero-order valence-corrected chi connectivity index (χ0v) is 17.5. The monoisotopic (exact) mass is 428 g/mol. The van der Waals surface area contributed by atoms with E-state index in [1.807, 2.05) is 90.3 Å². The Bertz CT molecular complexity index is 1210. The molecule has 1 aromatic heterocycles. The van der Waals surface area contributed by atoms with Crippen LogP contribution in [0, 0.1) is 11.3 Å². The van der Waals surface area contributed by atoms with Crippen LogP contribution in [0.2, 0.25) is 5.02 Å². The van der Waals surface area contributed by atoms with Crippen LogP contribution in [0.25, 0.3) is 22.9 Å². The van der Waals surface area contributed by atoms with Gasteiger partial charge in [-0.05, 0) is 41.5 Å². The summed E-state index contributed by atoms with van der Waals surface area (Å²) in [6, 6.07) is 27.4. The lowest BCUT2D eigenvalue weighted by molar-refractivity contribution is 0.306. The zero-order chi connectivity index (χ0) is 20.8. The maximum atomic E-state index is 9.67. The van der Waals surface area contributed by atoms with Gasteiger partial charge in [-0.15, -0.1) is 11.3 Å². The van der Waals surface area contributed by atoms with E-state index < -0.39 is 0 Å². The first-order chi connectivity index (χ1) is 14.7. The number of thiazole rings is 1. The Morgan fingerprint density at radius 2 is 1.83 bits per heavy atom. The van der Waals surface area contributed by atoms with Crippen molar-refractivity contribution in [1.29, 1.82) is 5.26 Å². The molecule has 0 radical (unpaired) electrons. The third kappa shape index (κ3) is 4.96. The Hall–Kier alpha value is -3.39. The van der Waals surface area contributed by atoms with E-state index in [4.69, 9.17) is 16.3 Å². The minimum absolute atomic E-state index is 0.447. The Labute approximate surface area is 184 Å². The van der Waals surface area contributed by atoms with E-state index >= 15 is 0 Å². The van der Waals surface area contributed by atoms with Gasteiger partial charge in [-0.25, -0.2) is 4.98 Å². The minimum atomic E-state index is 0.447. The number of halogens is 1. The van der Waals surface area contributed by atoms with Gasteiger partial charge in [0.2, 0.25) is 0 Å². The summed E-state index contributed by atoms with van der Waals surface area (Å²) in [4.78, 5) is 4.64. The van der Waals surface area contributed by atoms with E-state index in [1.54, 1.807) is 0 Å². The van der Waals surface area contributed by atoms with Crippen LogP contribution in [0.5, 0.6) is 5.75 Å². The highest BCUT2D eigenvalue weighted by molar-refractivity contribution is 7.11. The van der Waals surface area contributed by atoms with E-state index in [-0.39, 0.29) is 0 Å². The summed E-state index contributed by atoms with van der Waals surface area (Å²) in [7, 11) is 0. The van der Waals surface area contributed by atoms with Gasteiger partial charge in [0.1, 0.15) is 23.4 Å². The van der Waals surface area contributed by atoms with Crippen molar-refractivity contribution >= 4 is 34.6 Å². The molecule has 0 saturated heterocycles. The molecule has 0 aliphatic heterocycles. The molecule has 0 N–H and O–H groups in total. The molecule has 0 fully saturated rings. The molecule has 0 atom stereocenters. The minimum Gasteiger partial charge on any atom is -0.489 e. The van der Waals surface area contributed by atoms with Crippen molar-refractivity contribution in [1.82, 2.24) is 4.98 Å². The Morgan fingerprint density at radius 3 is 2.60 bits per heavy atom. The number of hydrogen-bond donors (Lipinski definition) is 0. The molecule has 4 aromatic rings. The summed E-state index contributed by atoms with van der Waals surface area (Å²) in [5.41, 5.74) is 4.36. The molecule has 0 spiro atoms. The van der Waals surface area contributed by atoms with Gasteiger partial charge in [-0.3, -0.25) is 0 Å². The summed E-state index contributed by atoms with van der Waals surface area (Å²) in [5, 5.41) is 13.0. The largest absolute Gasteiger partial charge is 0.489 e. The average Bonchev–Trinajstić information content (AvgIpc) is 3.28. The molecule has 30 heavy (non-hydrogen) atoms. The van der Waals surface area contributed by atoms with Crippen LogP contribution < -0.4 is 4.74 Å². The Morgan fingerprint density at radius 1 is 1.03 bits per heavy atom. The molecule has 146 valence electrons. The second-order valence-corrected chi connectivity index (χ2v) is 7.86. The van der Waals surface area contributed by atoms with Gasteiger partial charge in [-0.2, -0.15) is 5.26 Å². The van der Waals surface area contributed by atoms with E-state index in [0.717, 1.165) is 28.1 Å². The Kier molecular flexibility index (Phi) is 6.24.